The minimum absolute atomic E-state index is 0.0734. The van der Waals surface area contributed by atoms with E-state index in [0.29, 0.717) is 17.8 Å². The highest BCUT2D eigenvalue weighted by Crippen LogP contribution is 2.30. The fraction of sp³-hybridized carbons (Fsp3) is 0.417. The summed E-state index contributed by atoms with van der Waals surface area (Å²) < 4.78 is 25.4. The molecule has 18 heavy (non-hydrogen) atoms. The van der Waals surface area contributed by atoms with Gasteiger partial charge in [0.1, 0.15) is 0 Å². The number of nitrogens with two attached hydrogens (primary N) is 1. The first kappa shape index (κ1) is 12.9. The predicted octanol–water partition coefficient (Wildman–Crippen LogP) is 0.888. The second-order valence-electron chi connectivity index (χ2n) is 4.28. The van der Waals surface area contributed by atoms with Crippen molar-refractivity contribution in [3.05, 3.63) is 29.3 Å². The average Bonchev–Trinajstić information content (AvgIpc) is 2.37. The van der Waals surface area contributed by atoms with Gasteiger partial charge in [-0.2, -0.15) is 0 Å². The lowest BCUT2D eigenvalue weighted by atomic mass is 10.0. The summed E-state index contributed by atoms with van der Waals surface area (Å²) in [6.07, 6.45) is 1.53. The lowest BCUT2D eigenvalue weighted by Gasteiger charge is -2.30. The van der Waals surface area contributed by atoms with Crippen LogP contribution in [-0.2, 0) is 16.4 Å². The van der Waals surface area contributed by atoms with E-state index in [1.54, 1.807) is 25.1 Å². The van der Waals surface area contributed by atoms with E-state index in [1.807, 2.05) is 0 Å². The monoisotopic (exact) mass is 268 g/mol. The standard InChI is InChI=1S/C12H16N2O3S/c1-2-18(16,17)14-7-3-4-9-8-10(12(13)15)5-6-11(9)14/h5-6,8H,2-4,7H2,1H3,(H2,13,15). The number of hydrogen-bond donors (Lipinski definition) is 1. The van der Waals surface area contributed by atoms with Gasteiger partial charge in [-0.25, -0.2) is 8.42 Å². The Morgan fingerprint density at radius 3 is 2.78 bits per heavy atom. The number of fused-ring (bicyclic) bond motifs is 1. The minimum Gasteiger partial charge on any atom is -0.366 e. The number of primary amides is 1. The van der Waals surface area contributed by atoms with Crippen LogP contribution in [-0.4, -0.2) is 26.6 Å². The maximum Gasteiger partial charge on any atom is 0.248 e. The zero-order chi connectivity index (χ0) is 13.3. The fourth-order valence-electron chi connectivity index (χ4n) is 2.16. The topological polar surface area (TPSA) is 80.5 Å². The van der Waals surface area contributed by atoms with E-state index in [2.05, 4.69) is 0 Å². The van der Waals surface area contributed by atoms with Crippen molar-refractivity contribution in [1.29, 1.82) is 0 Å². The lowest BCUT2D eigenvalue weighted by molar-refractivity contribution is 0.1000. The minimum atomic E-state index is -3.25. The molecule has 1 amide bonds. The van der Waals surface area contributed by atoms with Crippen LogP contribution in [0.15, 0.2) is 18.2 Å². The van der Waals surface area contributed by atoms with Crippen molar-refractivity contribution in [2.75, 3.05) is 16.6 Å². The van der Waals surface area contributed by atoms with Crippen LogP contribution >= 0.6 is 0 Å². The molecule has 1 aliphatic rings. The molecule has 0 saturated heterocycles. The molecule has 1 aliphatic heterocycles. The first-order valence-corrected chi connectivity index (χ1v) is 7.50. The number of carbonyl (C=O) groups excluding carboxylic acids is 1. The van der Waals surface area contributed by atoms with Gasteiger partial charge in [0.2, 0.25) is 15.9 Å². The van der Waals surface area contributed by atoms with E-state index in [1.165, 1.54) is 4.31 Å². The maximum atomic E-state index is 12.0. The van der Waals surface area contributed by atoms with Gasteiger partial charge < -0.3 is 5.73 Å². The van der Waals surface area contributed by atoms with Crippen molar-refractivity contribution in [3.63, 3.8) is 0 Å². The third kappa shape index (κ3) is 2.20. The van der Waals surface area contributed by atoms with Crippen molar-refractivity contribution < 1.29 is 13.2 Å². The van der Waals surface area contributed by atoms with Crippen molar-refractivity contribution in [1.82, 2.24) is 0 Å². The van der Waals surface area contributed by atoms with Crippen molar-refractivity contribution >= 4 is 21.6 Å². The lowest BCUT2D eigenvalue weighted by Crippen LogP contribution is -2.36. The van der Waals surface area contributed by atoms with Gasteiger partial charge in [-0.3, -0.25) is 9.10 Å². The van der Waals surface area contributed by atoms with Crippen molar-refractivity contribution in [2.24, 2.45) is 5.73 Å². The Hall–Kier alpha value is -1.56. The number of carbonyl (C=O) groups is 1. The molecule has 2 N–H and O–H groups in total. The highest BCUT2D eigenvalue weighted by atomic mass is 32.2. The molecular weight excluding hydrogens is 252 g/mol. The van der Waals surface area contributed by atoms with E-state index < -0.39 is 15.9 Å². The number of anilines is 1. The molecule has 1 aromatic rings. The van der Waals surface area contributed by atoms with Gasteiger partial charge in [0.15, 0.2) is 0 Å². The molecule has 2 rings (SSSR count). The summed E-state index contributed by atoms with van der Waals surface area (Å²) in [7, 11) is -3.25. The average molecular weight is 268 g/mol. The Morgan fingerprint density at radius 1 is 1.44 bits per heavy atom. The van der Waals surface area contributed by atoms with Crippen LogP contribution in [0, 0.1) is 0 Å². The van der Waals surface area contributed by atoms with E-state index >= 15 is 0 Å². The van der Waals surface area contributed by atoms with Gasteiger partial charge in [-0.1, -0.05) is 0 Å². The Bertz CT molecular complexity index is 581. The third-order valence-electron chi connectivity index (χ3n) is 3.14. The van der Waals surface area contributed by atoms with Gasteiger partial charge in [0.25, 0.3) is 0 Å². The Morgan fingerprint density at radius 2 is 2.17 bits per heavy atom. The molecule has 98 valence electrons. The molecule has 0 radical (unpaired) electrons. The van der Waals surface area contributed by atoms with Crippen molar-refractivity contribution in [2.45, 2.75) is 19.8 Å². The summed E-state index contributed by atoms with van der Waals surface area (Å²) in [6.45, 7) is 2.13. The molecule has 5 nitrogen and oxygen atoms in total. The van der Waals surface area contributed by atoms with Crippen molar-refractivity contribution in [3.8, 4) is 0 Å². The molecule has 0 aromatic heterocycles. The largest absolute Gasteiger partial charge is 0.366 e. The summed E-state index contributed by atoms with van der Waals surface area (Å²) in [5.41, 5.74) is 7.19. The molecule has 0 spiro atoms. The van der Waals surface area contributed by atoms with Gasteiger partial charge in [-0.15, -0.1) is 0 Å². The molecule has 1 aromatic carbocycles. The fourth-order valence-corrected chi connectivity index (χ4v) is 3.36. The zero-order valence-electron chi connectivity index (χ0n) is 10.2. The van der Waals surface area contributed by atoms with Gasteiger partial charge in [0.05, 0.1) is 11.4 Å². The molecule has 6 heteroatoms. The smallest absolute Gasteiger partial charge is 0.248 e. The molecule has 0 saturated carbocycles. The number of nitrogens with zero attached hydrogens (tertiary/aromatic N) is 1. The van der Waals surface area contributed by atoms with E-state index in [0.717, 1.165) is 18.4 Å². The SMILES string of the molecule is CCS(=O)(=O)N1CCCc2cc(C(N)=O)ccc21. The normalized spacial score (nSPS) is 15.3. The molecule has 0 atom stereocenters. The number of aryl methyl sites for hydroxylation is 1. The number of benzene rings is 1. The van der Waals surface area contributed by atoms with E-state index in [-0.39, 0.29) is 5.75 Å². The molecule has 0 fully saturated rings. The Labute approximate surface area is 107 Å². The molecule has 0 bridgehead atoms. The second kappa shape index (κ2) is 4.61. The van der Waals surface area contributed by atoms with Gasteiger partial charge in [-0.05, 0) is 43.5 Å². The zero-order valence-corrected chi connectivity index (χ0v) is 11.0. The second-order valence-corrected chi connectivity index (χ2v) is 6.47. The van der Waals surface area contributed by atoms with Crippen LogP contribution in [0.5, 0.6) is 0 Å². The number of amides is 1. The molecular formula is C12H16N2O3S. The summed E-state index contributed by atoms with van der Waals surface area (Å²) in [4.78, 5) is 11.1. The van der Waals surface area contributed by atoms with Gasteiger partial charge >= 0.3 is 0 Å². The third-order valence-corrected chi connectivity index (χ3v) is 4.92. The number of sulfonamides is 1. The quantitative estimate of drug-likeness (QED) is 0.884. The number of hydrogen-bond acceptors (Lipinski definition) is 3. The summed E-state index contributed by atoms with van der Waals surface area (Å²) >= 11 is 0. The van der Waals surface area contributed by atoms with Crippen LogP contribution in [0.2, 0.25) is 0 Å². The molecule has 1 heterocycles. The maximum absolute atomic E-state index is 12.0. The first-order chi connectivity index (χ1) is 8.45. The van der Waals surface area contributed by atoms with Crippen LogP contribution in [0.1, 0.15) is 29.3 Å². The highest BCUT2D eigenvalue weighted by molar-refractivity contribution is 7.92. The van der Waals surface area contributed by atoms with E-state index in [4.69, 9.17) is 5.73 Å². The summed E-state index contributed by atoms with van der Waals surface area (Å²) in [5.74, 6) is -0.419. The number of rotatable bonds is 3. The highest BCUT2D eigenvalue weighted by Gasteiger charge is 2.26. The first-order valence-electron chi connectivity index (χ1n) is 5.89. The Balaban J connectivity index is 2.49. The van der Waals surface area contributed by atoms with Crippen LogP contribution in [0.4, 0.5) is 5.69 Å². The summed E-state index contributed by atoms with van der Waals surface area (Å²) in [5, 5.41) is 0. The Kier molecular flexibility index (Phi) is 3.30. The predicted molar refractivity (Wildman–Crippen MR) is 70.1 cm³/mol. The van der Waals surface area contributed by atoms with Crippen LogP contribution in [0.25, 0.3) is 0 Å². The van der Waals surface area contributed by atoms with Gasteiger partial charge in [0, 0.05) is 12.1 Å². The van der Waals surface area contributed by atoms with Crippen LogP contribution < -0.4 is 10.0 Å². The molecule has 0 unspecified atom stereocenters. The van der Waals surface area contributed by atoms with Crippen LogP contribution in [0.3, 0.4) is 0 Å². The molecule has 0 aliphatic carbocycles. The summed E-state index contributed by atoms with van der Waals surface area (Å²) in [6, 6.07) is 4.93. The van der Waals surface area contributed by atoms with E-state index in [9.17, 15) is 13.2 Å².